The van der Waals surface area contributed by atoms with Crippen molar-refractivity contribution in [3.8, 4) is 5.69 Å². The van der Waals surface area contributed by atoms with Crippen molar-refractivity contribution in [3.63, 3.8) is 0 Å². The van der Waals surface area contributed by atoms with E-state index in [0.29, 0.717) is 10.8 Å². The molecule has 0 bridgehead atoms. The zero-order chi connectivity index (χ0) is 17.8. The molecule has 0 spiro atoms. The highest BCUT2D eigenvalue weighted by Crippen LogP contribution is 2.26. The quantitative estimate of drug-likeness (QED) is 0.706. The van der Waals surface area contributed by atoms with Crippen LogP contribution in [-0.2, 0) is 4.79 Å². The predicted octanol–water partition coefficient (Wildman–Crippen LogP) is 3.83. The maximum atomic E-state index is 13.2. The summed E-state index contributed by atoms with van der Waals surface area (Å²) in [5, 5.41) is 11.0. The number of anilines is 1. The molecule has 7 heteroatoms. The molecule has 1 aromatic heterocycles. The number of rotatable bonds is 5. The highest BCUT2D eigenvalue weighted by atomic mass is 32.2. The van der Waals surface area contributed by atoms with Crippen LogP contribution in [0.1, 0.15) is 12.5 Å². The van der Waals surface area contributed by atoms with E-state index in [9.17, 15) is 9.18 Å². The second-order valence-corrected chi connectivity index (χ2v) is 6.84. The average molecular weight is 356 g/mol. The van der Waals surface area contributed by atoms with Crippen LogP contribution < -0.4 is 5.32 Å². The number of aromatic nitrogens is 3. The van der Waals surface area contributed by atoms with Crippen LogP contribution in [0.2, 0.25) is 0 Å². The van der Waals surface area contributed by atoms with E-state index in [0.717, 1.165) is 11.3 Å². The molecule has 1 amide bonds. The third-order valence-corrected chi connectivity index (χ3v) is 4.69. The number of hydrogen-bond acceptors (Lipinski definition) is 4. The minimum absolute atomic E-state index is 0.227. The van der Waals surface area contributed by atoms with Crippen LogP contribution in [0.5, 0.6) is 0 Å². The van der Waals surface area contributed by atoms with E-state index < -0.39 is 11.1 Å². The van der Waals surface area contributed by atoms with E-state index in [1.54, 1.807) is 25.4 Å². The van der Waals surface area contributed by atoms with E-state index >= 15 is 0 Å². The maximum absolute atomic E-state index is 13.2. The number of amides is 1. The van der Waals surface area contributed by atoms with E-state index in [1.165, 1.54) is 23.9 Å². The molecule has 3 rings (SSSR count). The van der Waals surface area contributed by atoms with Crippen molar-refractivity contribution in [2.24, 2.45) is 0 Å². The van der Waals surface area contributed by atoms with Gasteiger partial charge in [0.05, 0.1) is 10.9 Å². The molecule has 0 fully saturated rings. The molecule has 0 saturated heterocycles. The average Bonchev–Trinajstić information content (AvgIpc) is 3.03. The summed E-state index contributed by atoms with van der Waals surface area (Å²) in [6, 6.07) is 13.7. The summed E-state index contributed by atoms with van der Waals surface area (Å²) >= 11 is 1.30. The SMILES string of the molecule is Cc1ccccc1-n1cnnc1SC(C)C(=O)Nc1cccc(F)c1. The van der Waals surface area contributed by atoms with Crippen molar-refractivity contribution in [1.82, 2.24) is 14.8 Å². The number of carbonyl (C=O) groups excluding carboxylic acids is 1. The Morgan fingerprint density at radius 1 is 1.24 bits per heavy atom. The predicted molar refractivity (Wildman–Crippen MR) is 96.4 cm³/mol. The van der Waals surface area contributed by atoms with Crippen molar-refractivity contribution < 1.29 is 9.18 Å². The van der Waals surface area contributed by atoms with Gasteiger partial charge in [-0.15, -0.1) is 10.2 Å². The van der Waals surface area contributed by atoms with Gasteiger partial charge in [-0.3, -0.25) is 9.36 Å². The van der Waals surface area contributed by atoms with Crippen LogP contribution in [0.15, 0.2) is 60.0 Å². The van der Waals surface area contributed by atoms with Crippen molar-refractivity contribution >= 4 is 23.4 Å². The largest absolute Gasteiger partial charge is 0.325 e. The third kappa shape index (κ3) is 4.06. The Labute approximate surface area is 149 Å². The van der Waals surface area contributed by atoms with Gasteiger partial charge in [-0.05, 0) is 43.7 Å². The second-order valence-electron chi connectivity index (χ2n) is 5.53. The van der Waals surface area contributed by atoms with Crippen molar-refractivity contribution in [3.05, 3.63) is 66.2 Å². The molecule has 25 heavy (non-hydrogen) atoms. The topological polar surface area (TPSA) is 59.8 Å². The minimum atomic E-state index is -0.421. The Morgan fingerprint density at radius 3 is 2.80 bits per heavy atom. The van der Waals surface area contributed by atoms with Crippen LogP contribution in [0.25, 0.3) is 5.69 Å². The molecule has 2 aromatic carbocycles. The van der Waals surface area contributed by atoms with Gasteiger partial charge in [-0.25, -0.2) is 4.39 Å². The van der Waals surface area contributed by atoms with Gasteiger partial charge in [-0.2, -0.15) is 0 Å². The van der Waals surface area contributed by atoms with Gasteiger partial charge < -0.3 is 5.32 Å². The third-order valence-electron chi connectivity index (χ3n) is 3.64. The fourth-order valence-corrected chi connectivity index (χ4v) is 3.16. The van der Waals surface area contributed by atoms with Gasteiger partial charge in [0.15, 0.2) is 5.16 Å². The molecule has 1 unspecified atom stereocenters. The molecule has 1 N–H and O–H groups in total. The first kappa shape index (κ1) is 17.2. The number of para-hydroxylation sites is 1. The number of benzene rings is 2. The molecule has 0 radical (unpaired) electrons. The molecule has 0 aliphatic heterocycles. The number of halogens is 1. The fraction of sp³-hybridized carbons (Fsp3) is 0.167. The highest BCUT2D eigenvalue weighted by Gasteiger charge is 2.19. The molecular weight excluding hydrogens is 339 g/mol. The lowest BCUT2D eigenvalue weighted by molar-refractivity contribution is -0.115. The Bertz CT molecular complexity index is 896. The van der Waals surface area contributed by atoms with Crippen LogP contribution >= 0.6 is 11.8 Å². The summed E-state index contributed by atoms with van der Waals surface area (Å²) in [5.41, 5.74) is 2.48. The molecule has 128 valence electrons. The standard InChI is InChI=1S/C18H17FN4OS/c1-12-6-3-4-9-16(12)23-11-20-22-18(23)25-13(2)17(24)21-15-8-5-7-14(19)10-15/h3-11,13H,1-2H3,(H,21,24). The second kappa shape index (κ2) is 7.48. The van der Waals surface area contributed by atoms with Crippen LogP contribution in [0.4, 0.5) is 10.1 Å². The number of thioether (sulfide) groups is 1. The fourth-order valence-electron chi connectivity index (χ4n) is 2.33. The Balaban J connectivity index is 1.74. The van der Waals surface area contributed by atoms with Crippen molar-refractivity contribution in [2.45, 2.75) is 24.3 Å². The first-order chi connectivity index (χ1) is 12.0. The molecule has 0 saturated carbocycles. The lowest BCUT2D eigenvalue weighted by Gasteiger charge is -2.13. The monoisotopic (exact) mass is 356 g/mol. The number of nitrogens with zero attached hydrogens (tertiary/aromatic N) is 3. The smallest absolute Gasteiger partial charge is 0.237 e. The lowest BCUT2D eigenvalue weighted by Crippen LogP contribution is -2.22. The Kier molecular flexibility index (Phi) is 5.14. The van der Waals surface area contributed by atoms with E-state index in [-0.39, 0.29) is 5.91 Å². The summed E-state index contributed by atoms with van der Waals surface area (Å²) in [4.78, 5) is 12.4. The van der Waals surface area contributed by atoms with Crippen molar-refractivity contribution in [2.75, 3.05) is 5.32 Å². The number of hydrogen-bond donors (Lipinski definition) is 1. The van der Waals surface area contributed by atoms with E-state index in [2.05, 4.69) is 15.5 Å². The molecule has 5 nitrogen and oxygen atoms in total. The van der Waals surface area contributed by atoms with Gasteiger partial charge in [-0.1, -0.05) is 36.0 Å². The zero-order valence-electron chi connectivity index (χ0n) is 13.8. The maximum Gasteiger partial charge on any atom is 0.237 e. The summed E-state index contributed by atoms with van der Waals surface area (Å²) in [6.07, 6.45) is 1.63. The van der Waals surface area contributed by atoms with Gasteiger partial charge >= 0.3 is 0 Å². The summed E-state index contributed by atoms with van der Waals surface area (Å²) in [7, 11) is 0. The highest BCUT2D eigenvalue weighted by molar-refractivity contribution is 8.00. The van der Waals surface area contributed by atoms with Crippen LogP contribution in [0.3, 0.4) is 0 Å². The number of carbonyl (C=O) groups is 1. The van der Waals surface area contributed by atoms with Crippen molar-refractivity contribution in [1.29, 1.82) is 0 Å². The van der Waals surface area contributed by atoms with Gasteiger partial charge in [0.1, 0.15) is 12.1 Å². The first-order valence-electron chi connectivity index (χ1n) is 7.73. The van der Waals surface area contributed by atoms with E-state index in [4.69, 9.17) is 0 Å². The Hall–Kier alpha value is -2.67. The zero-order valence-corrected chi connectivity index (χ0v) is 14.6. The summed E-state index contributed by atoms with van der Waals surface area (Å²) < 4.78 is 15.1. The molecular formula is C18H17FN4OS. The molecule has 1 atom stereocenters. The minimum Gasteiger partial charge on any atom is -0.325 e. The van der Waals surface area contributed by atoms with Gasteiger partial charge in [0.25, 0.3) is 0 Å². The van der Waals surface area contributed by atoms with Crippen LogP contribution in [-0.4, -0.2) is 25.9 Å². The normalized spacial score (nSPS) is 12.0. The molecule has 0 aliphatic carbocycles. The van der Waals surface area contributed by atoms with Crippen LogP contribution in [0, 0.1) is 12.7 Å². The first-order valence-corrected chi connectivity index (χ1v) is 8.61. The number of nitrogens with one attached hydrogen (secondary N) is 1. The number of aryl methyl sites for hydroxylation is 1. The van der Waals surface area contributed by atoms with Gasteiger partial charge in [0, 0.05) is 5.69 Å². The molecule has 0 aliphatic rings. The molecule has 1 heterocycles. The summed E-state index contributed by atoms with van der Waals surface area (Å²) in [5.74, 6) is -0.618. The summed E-state index contributed by atoms with van der Waals surface area (Å²) in [6.45, 7) is 3.78. The molecule has 3 aromatic rings. The van der Waals surface area contributed by atoms with E-state index in [1.807, 2.05) is 35.8 Å². The lowest BCUT2D eigenvalue weighted by atomic mass is 10.2. The van der Waals surface area contributed by atoms with Gasteiger partial charge in [0.2, 0.25) is 5.91 Å². The Morgan fingerprint density at radius 2 is 2.04 bits per heavy atom.